The lowest BCUT2D eigenvalue weighted by Crippen LogP contribution is -2.30. The van der Waals surface area contributed by atoms with Gasteiger partial charge < -0.3 is 5.32 Å². The van der Waals surface area contributed by atoms with Crippen molar-refractivity contribution >= 4 is 40.9 Å². The SMILES string of the molecule is CC(C)C[C@@H](NC(=O)CSCc1ccc(Cl)c(Cl)c1)c1ccccc1. The van der Waals surface area contributed by atoms with Crippen molar-refractivity contribution < 1.29 is 4.79 Å². The van der Waals surface area contributed by atoms with Crippen LogP contribution in [0.5, 0.6) is 0 Å². The van der Waals surface area contributed by atoms with Crippen LogP contribution in [-0.2, 0) is 10.5 Å². The van der Waals surface area contributed by atoms with Gasteiger partial charge in [-0.1, -0.05) is 73.4 Å². The summed E-state index contributed by atoms with van der Waals surface area (Å²) < 4.78 is 0. The molecule has 0 saturated heterocycles. The summed E-state index contributed by atoms with van der Waals surface area (Å²) in [5, 5.41) is 4.26. The molecule has 0 aliphatic heterocycles. The highest BCUT2D eigenvalue weighted by Gasteiger charge is 2.16. The number of carbonyl (C=O) groups is 1. The van der Waals surface area contributed by atoms with Crippen LogP contribution in [-0.4, -0.2) is 11.7 Å². The lowest BCUT2D eigenvalue weighted by Gasteiger charge is -2.21. The first-order chi connectivity index (χ1) is 12.0. The van der Waals surface area contributed by atoms with Crippen molar-refractivity contribution in [3.05, 3.63) is 69.7 Å². The highest BCUT2D eigenvalue weighted by molar-refractivity contribution is 7.99. The van der Waals surface area contributed by atoms with Crippen LogP contribution in [0.25, 0.3) is 0 Å². The van der Waals surface area contributed by atoms with Crippen LogP contribution in [0.1, 0.15) is 37.4 Å². The van der Waals surface area contributed by atoms with Gasteiger partial charge in [-0.25, -0.2) is 0 Å². The second-order valence-corrected chi connectivity index (χ2v) is 8.20. The zero-order valence-corrected chi connectivity index (χ0v) is 16.8. The molecule has 0 unspecified atom stereocenters. The van der Waals surface area contributed by atoms with E-state index in [2.05, 4.69) is 31.3 Å². The predicted molar refractivity (Wildman–Crippen MR) is 109 cm³/mol. The van der Waals surface area contributed by atoms with Crippen molar-refractivity contribution in [2.45, 2.75) is 32.1 Å². The minimum Gasteiger partial charge on any atom is -0.349 e. The summed E-state index contributed by atoms with van der Waals surface area (Å²) in [5.41, 5.74) is 2.22. The third-order valence-electron chi connectivity index (χ3n) is 3.73. The van der Waals surface area contributed by atoms with E-state index in [-0.39, 0.29) is 11.9 Å². The monoisotopic (exact) mass is 395 g/mol. The average Bonchev–Trinajstić information content (AvgIpc) is 2.58. The van der Waals surface area contributed by atoms with Crippen LogP contribution in [0.15, 0.2) is 48.5 Å². The van der Waals surface area contributed by atoms with E-state index in [0.29, 0.717) is 21.7 Å². The van der Waals surface area contributed by atoms with Crippen LogP contribution in [0.4, 0.5) is 0 Å². The fourth-order valence-electron chi connectivity index (χ4n) is 2.56. The first-order valence-corrected chi connectivity index (χ1v) is 10.2. The summed E-state index contributed by atoms with van der Waals surface area (Å²) in [5.74, 6) is 1.71. The van der Waals surface area contributed by atoms with Gasteiger partial charge in [-0.2, -0.15) is 0 Å². The molecule has 5 heteroatoms. The molecule has 2 nitrogen and oxygen atoms in total. The number of thioether (sulfide) groups is 1. The van der Waals surface area contributed by atoms with Gasteiger partial charge in [0.25, 0.3) is 0 Å². The number of hydrogen-bond donors (Lipinski definition) is 1. The highest BCUT2D eigenvalue weighted by atomic mass is 35.5. The second kappa shape index (κ2) is 10.1. The molecule has 1 atom stereocenters. The quantitative estimate of drug-likeness (QED) is 0.582. The Hall–Kier alpha value is -1.16. The second-order valence-electron chi connectivity index (χ2n) is 6.40. The van der Waals surface area contributed by atoms with Gasteiger partial charge in [-0.3, -0.25) is 4.79 Å². The molecule has 0 aliphatic carbocycles. The number of nitrogens with one attached hydrogen (secondary N) is 1. The summed E-state index contributed by atoms with van der Waals surface area (Å²) in [6.07, 6.45) is 0.924. The molecular weight excluding hydrogens is 373 g/mol. The van der Waals surface area contributed by atoms with Gasteiger partial charge in [0.1, 0.15) is 0 Å². The Kier molecular flexibility index (Phi) is 8.14. The molecule has 0 saturated carbocycles. The normalized spacial score (nSPS) is 12.2. The summed E-state index contributed by atoms with van der Waals surface area (Å²) >= 11 is 13.5. The molecule has 0 radical (unpaired) electrons. The third-order valence-corrected chi connectivity index (χ3v) is 5.47. The Morgan fingerprint density at radius 3 is 2.44 bits per heavy atom. The standard InChI is InChI=1S/C20H23Cl2NOS/c1-14(2)10-19(16-6-4-3-5-7-16)23-20(24)13-25-12-15-8-9-17(21)18(22)11-15/h3-9,11,14,19H,10,12-13H2,1-2H3,(H,23,24)/t19-/m1/s1. The molecule has 0 spiro atoms. The molecule has 1 N–H and O–H groups in total. The molecule has 0 aliphatic rings. The number of benzene rings is 2. The van der Waals surface area contributed by atoms with Crippen molar-refractivity contribution in [1.82, 2.24) is 5.32 Å². The van der Waals surface area contributed by atoms with E-state index < -0.39 is 0 Å². The van der Waals surface area contributed by atoms with E-state index >= 15 is 0 Å². The van der Waals surface area contributed by atoms with Gasteiger partial charge in [0, 0.05) is 5.75 Å². The Labute approximate surface area is 164 Å². The summed E-state index contributed by atoms with van der Waals surface area (Å²) in [4.78, 5) is 12.3. The van der Waals surface area contributed by atoms with Gasteiger partial charge in [0.2, 0.25) is 5.91 Å². The van der Waals surface area contributed by atoms with Crippen molar-refractivity contribution in [1.29, 1.82) is 0 Å². The van der Waals surface area contributed by atoms with E-state index in [1.807, 2.05) is 30.3 Å². The fourth-order valence-corrected chi connectivity index (χ4v) is 3.67. The molecule has 25 heavy (non-hydrogen) atoms. The van der Waals surface area contributed by atoms with Crippen molar-refractivity contribution in [3.63, 3.8) is 0 Å². The topological polar surface area (TPSA) is 29.1 Å². The predicted octanol–water partition coefficient (Wildman–Crippen LogP) is 6.13. The maximum Gasteiger partial charge on any atom is 0.230 e. The lowest BCUT2D eigenvalue weighted by molar-refractivity contribution is -0.119. The third kappa shape index (κ3) is 6.93. The molecule has 2 aromatic rings. The molecule has 1 amide bonds. The van der Waals surface area contributed by atoms with E-state index in [9.17, 15) is 4.79 Å². The van der Waals surface area contributed by atoms with Gasteiger partial charge in [0.15, 0.2) is 0 Å². The summed E-state index contributed by atoms with van der Waals surface area (Å²) in [7, 11) is 0. The van der Waals surface area contributed by atoms with Crippen molar-refractivity contribution in [3.8, 4) is 0 Å². The Morgan fingerprint density at radius 2 is 1.80 bits per heavy atom. The summed E-state index contributed by atoms with van der Waals surface area (Å²) in [6, 6.07) is 15.8. The molecule has 134 valence electrons. The van der Waals surface area contributed by atoms with Crippen LogP contribution in [0.2, 0.25) is 10.0 Å². The molecule has 0 bridgehead atoms. The van der Waals surface area contributed by atoms with Gasteiger partial charge in [0.05, 0.1) is 21.8 Å². The maximum absolute atomic E-state index is 12.3. The molecule has 2 aromatic carbocycles. The number of rotatable bonds is 8. The molecular formula is C20H23Cl2NOS. The van der Waals surface area contributed by atoms with Gasteiger partial charge in [-0.15, -0.1) is 11.8 Å². The molecule has 0 fully saturated rings. The van der Waals surface area contributed by atoms with Crippen LogP contribution in [0.3, 0.4) is 0 Å². The molecule has 0 aromatic heterocycles. The Bertz CT molecular complexity index is 691. The van der Waals surface area contributed by atoms with E-state index in [1.54, 1.807) is 17.8 Å². The van der Waals surface area contributed by atoms with Crippen LogP contribution < -0.4 is 5.32 Å². The zero-order chi connectivity index (χ0) is 18.2. The minimum absolute atomic E-state index is 0.0549. The van der Waals surface area contributed by atoms with E-state index in [1.165, 1.54) is 0 Å². The van der Waals surface area contributed by atoms with Crippen molar-refractivity contribution in [2.24, 2.45) is 5.92 Å². The largest absolute Gasteiger partial charge is 0.349 e. The fraction of sp³-hybridized carbons (Fsp3) is 0.350. The first-order valence-electron chi connectivity index (χ1n) is 8.31. The number of hydrogen-bond acceptors (Lipinski definition) is 2. The van der Waals surface area contributed by atoms with Gasteiger partial charge >= 0.3 is 0 Å². The van der Waals surface area contributed by atoms with E-state index in [4.69, 9.17) is 23.2 Å². The first kappa shape index (κ1) is 20.2. The summed E-state index contributed by atoms with van der Waals surface area (Å²) in [6.45, 7) is 4.34. The van der Waals surface area contributed by atoms with E-state index in [0.717, 1.165) is 23.3 Å². The molecule has 0 heterocycles. The van der Waals surface area contributed by atoms with Crippen LogP contribution in [0, 0.1) is 5.92 Å². The number of carbonyl (C=O) groups excluding carboxylic acids is 1. The van der Waals surface area contributed by atoms with Crippen molar-refractivity contribution in [2.75, 3.05) is 5.75 Å². The Morgan fingerprint density at radius 1 is 1.08 bits per heavy atom. The number of halogens is 2. The van der Waals surface area contributed by atoms with Crippen LogP contribution >= 0.6 is 35.0 Å². The molecule has 2 rings (SSSR count). The average molecular weight is 396 g/mol. The minimum atomic E-state index is 0.0549. The highest BCUT2D eigenvalue weighted by Crippen LogP contribution is 2.25. The lowest BCUT2D eigenvalue weighted by atomic mass is 9.97. The van der Waals surface area contributed by atoms with Gasteiger partial charge in [-0.05, 0) is 35.6 Å². The number of amides is 1. The zero-order valence-electron chi connectivity index (χ0n) is 14.5. The maximum atomic E-state index is 12.3. The Balaban J connectivity index is 1.87. The smallest absolute Gasteiger partial charge is 0.230 e.